The molecule has 1 N–H and O–H groups in total. The fourth-order valence-corrected chi connectivity index (χ4v) is 1.71. The van der Waals surface area contributed by atoms with Crippen LogP contribution in [0.1, 0.15) is 18.0 Å². The molecule has 1 aliphatic rings. The number of rotatable bonds is 1. The minimum atomic E-state index is 0. The number of hydrogen-bond acceptors (Lipinski definition) is 1. The molecule has 3 heteroatoms. The fraction of sp³-hybridized carbons (Fsp3) is 0.333. The van der Waals surface area contributed by atoms with Gasteiger partial charge in [-0.15, -0.1) is 12.4 Å². The molecule has 0 bridgehead atoms. The lowest BCUT2D eigenvalue weighted by molar-refractivity contribution is 0.383. The number of halogens is 2. The lowest BCUT2D eigenvalue weighted by Crippen LogP contribution is -2.34. The second-order valence-electron chi connectivity index (χ2n) is 2.85. The first-order chi connectivity index (χ1) is 5.36. The van der Waals surface area contributed by atoms with Gasteiger partial charge in [0.2, 0.25) is 0 Å². The molecule has 0 amide bonds. The molecule has 1 atom stereocenters. The van der Waals surface area contributed by atoms with E-state index in [1.165, 1.54) is 16.5 Å². The normalized spacial score (nSPS) is 20.9. The van der Waals surface area contributed by atoms with Crippen LogP contribution in [0.2, 0.25) is 0 Å². The molecule has 1 aromatic rings. The van der Waals surface area contributed by atoms with Crippen molar-refractivity contribution < 1.29 is 0 Å². The molecule has 12 heavy (non-hydrogen) atoms. The third kappa shape index (κ3) is 2.00. The largest absolute Gasteiger partial charge is 0.310 e. The van der Waals surface area contributed by atoms with Crippen molar-refractivity contribution in [2.24, 2.45) is 0 Å². The van der Waals surface area contributed by atoms with Crippen molar-refractivity contribution in [2.75, 3.05) is 6.54 Å². The molecular weight excluding hydrogens is 237 g/mol. The van der Waals surface area contributed by atoms with Crippen LogP contribution in [-0.4, -0.2) is 6.54 Å². The van der Waals surface area contributed by atoms with Gasteiger partial charge < -0.3 is 5.32 Å². The van der Waals surface area contributed by atoms with Crippen LogP contribution >= 0.6 is 28.3 Å². The Balaban J connectivity index is 0.000000720. The van der Waals surface area contributed by atoms with Crippen molar-refractivity contribution in [3.05, 3.63) is 34.3 Å². The van der Waals surface area contributed by atoms with Crippen LogP contribution < -0.4 is 5.32 Å². The average molecular weight is 249 g/mol. The van der Waals surface area contributed by atoms with Crippen LogP contribution in [0.4, 0.5) is 0 Å². The molecule has 1 heterocycles. The molecule has 1 aliphatic heterocycles. The second kappa shape index (κ2) is 4.26. The Labute approximate surface area is 87.1 Å². The zero-order valence-electron chi connectivity index (χ0n) is 6.59. The summed E-state index contributed by atoms with van der Waals surface area (Å²) < 4.78 is 1.17. The van der Waals surface area contributed by atoms with E-state index < -0.39 is 0 Å². The standard InChI is InChI=1S/C9H10BrN.ClH/c10-8-3-1-2-7(6-8)9-4-5-11-9;/h1-3,6,9,11H,4-5H2;1H/t9-;/m0./s1. The van der Waals surface area contributed by atoms with Gasteiger partial charge in [-0.05, 0) is 30.7 Å². The summed E-state index contributed by atoms with van der Waals surface area (Å²) in [6, 6.07) is 9.09. The Kier molecular flexibility index (Phi) is 3.56. The topological polar surface area (TPSA) is 12.0 Å². The Morgan fingerprint density at radius 2 is 2.17 bits per heavy atom. The highest BCUT2D eigenvalue weighted by molar-refractivity contribution is 9.10. The summed E-state index contributed by atoms with van der Waals surface area (Å²) >= 11 is 3.46. The van der Waals surface area contributed by atoms with Crippen molar-refractivity contribution in [1.82, 2.24) is 5.32 Å². The van der Waals surface area contributed by atoms with E-state index in [2.05, 4.69) is 45.5 Å². The molecule has 0 aromatic heterocycles. The second-order valence-corrected chi connectivity index (χ2v) is 3.77. The maximum absolute atomic E-state index is 3.46. The number of benzene rings is 1. The average Bonchev–Trinajstić information content (AvgIpc) is 1.83. The molecule has 1 saturated heterocycles. The molecule has 2 rings (SSSR count). The van der Waals surface area contributed by atoms with Crippen molar-refractivity contribution in [3.8, 4) is 0 Å². The highest BCUT2D eigenvalue weighted by Gasteiger charge is 2.17. The summed E-state index contributed by atoms with van der Waals surface area (Å²) in [5.41, 5.74) is 1.39. The van der Waals surface area contributed by atoms with E-state index in [0.717, 1.165) is 6.54 Å². The summed E-state index contributed by atoms with van der Waals surface area (Å²) in [6.45, 7) is 1.16. The van der Waals surface area contributed by atoms with Crippen molar-refractivity contribution >= 4 is 28.3 Å². The molecule has 1 fully saturated rings. The van der Waals surface area contributed by atoms with Crippen LogP contribution in [-0.2, 0) is 0 Å². The van der Waals surface area contributed by atoms with Crippen LogP contribution in [0.5, 0.6) is 0 Å². The third-order valence-electron chi connectivity index (χ3n) is 2.07. The molecule has 0 unspecified atom stereocenters. The third-order valence-corrected chi connectivity index (χ3v) is 2.57. The van der Waals surface area contributed by atoms with Gasteiger partial charge in [-0.3, -0.25) is 0 Å². The Morgan fingerprint density at radius 1 is 1.42 bits per heavy atom. The van der Waals surface area contributed by atoms with Crippen molar-refractivity contribution in [3.63, 3.8) is 0 Å². The van der Waals surface area contributed by atoms with Gasteiger partial charge in [0.05, 0.1) is 0 Å². The Bertz CT molecular complexity index is 260. The number of hydrogen-bond donors (Lipinski definition) is 1. The summed E-state index contributed by atoms with van der Waals surface area (Å²) in [6.07, 6.45) is 1.27. The van der Waals surface area contributed by atoms with Gasteiger partial charge >= 0.3 is 0 Å². The van der Waals surface area contributed by atoms with Gasteiger partial charge in [-0.1, -0.05) is 28.1 Å². The maximum atomic E-state index is 3.46. The molecule has 1 aromatic carbocycles. The highest BCUT2D eigenvalue weighted by Crippen LogP contribution is 2.24. The SMILES string of the molecule is Brc1cccc([C@@H]2CCN2)c1.Cl. The Hall–Kier alpha value is -0.0500. The molecule has 1 nitrogen and oxygen atoms in total. The molecule has 0 radical (unpaired) electrons. The smallest absolute Gasteiger partial charge is 0.0332 e. The van der Waals surface area contributed by atoms with E-state index in [4.69, 9.17) is 0 Å². The predicted molar refractivity (Wildman–Crippen MR) is 56.8 cm³/mol. The fourth-order valence-electron chi connectivity index (χ4n) is 1.30. The van der Waals surface area contributed by atoms with Crippen molar-refractivity contribution in [1.29, 1.82) is 0 Å². The van der Waals surface area contributed by atoms with E-state index in [-0.39, 0.29) is 12.4 Å². The molecular formula is C9H11BrClN. The molecule has 0 aliphatic carbocycles. The van der Waals surface area contributed by atoms with Crippen LogP contribution in [0, 0.1) is 0 Å². The summed E-state index contributed by atoms with van der Waals surface area (Å²) in [5, 5.41) is 3.37. The molecule has 0 saturated carbocycles. The predicted octanol–water partition coefficient (Wildman–Crippen LogP) is 2.91. The first-order valence-corrected chi connectivity index (χ1v) is 4.64. The van der Waals surface area contributed by atoms with Crippen LogP contribution in [0.3, 0.4) is 0 Å². The highest BCUT2D eigenvalue weighted by atomic mass is 79.9. The first-order valence-electron chi connectivity index (χ1n) is 3.85. The minimum Gasteiger partial charge on any atom is -0.310 e. The zero-order chi connectivity index (χ0) is 7.68. The molecule has 66 valence electrons. The zero-order valence-corrected chi connectivity index (χ0v) is 8.99. The van der Waals surface area contributed by atoms with Gasteiger partial charge in [0.25, 0.3) is 0 Å². The summed E-state index contributed by atoms with van der Waals surface area (Å²) in [5.74, 6) is 0. The lowest BCUT2D eigenvalue weighted by Gasteiger charge is -2.28. The summed E-state index contributed by atoms with van der Waals surface area (Å²) in [7, 11) is 0. The summed E-state index contributed by atoms with van der Waals surface area (Å²) in [4.78, 5) is 0. The van der Waals surface area contributed by atoms with E-state index in [1.54, 1.807) is 0 Å². The number of nitrogens with one attached hydrogen (secondary N) is 1. The van der Waals surface area contributed by atoms with E-state index in [9.17, 15) is 0 Å². The molecule has 0 spiro atoms. The van der Waals surface area contributed by atoms with Gasteiger partial charge in [0, 0.05) is 10.5 Å². The van der Waals surface area contributed by atoms with E-state index in [1.807, 2.05) is 0 Å². The van der Waals surface area contributed by atoms with Gasteiger partial charge in [0.15, 0.2) is 0 Å². The van der Waals surface area contributed by atoms with Gasteiger partial charge in [-0.2, -0.15) is 0 Å². The Morgan fingerprint density at radius 3 is 2.67 bits per heavy atom. The maximum Gasteiger partial charge on any atom is 0.0332 e. The van der Waals surface area contributed by atoms with Crippen molar-refractivity contribution in [2.45, 2.75) is 12.5 Å². The first kappa shape index (κ1) is 10.0. The van der Waals surface area contributed by atoms with E-state index >= 15 is 0 Å². The monoisotopic (exact) mass is 247 g/mol. The van der Waals surface area contributed by atoms with Crippen LogP contribution in [0.15, 0.2) is 28.7 Å². The lowest BCUT2D eigenvalue weighted by atomic mass is 9.98. The van der Waals surface area contributed by atoms with Gasteiger partial charge in [-0.25, -0.2) is 0 Å². The van der Waals surface area contributed by atoms with Crippen LogP contribution in [0.25, 0.3) is 0 Å². The van der Waals surface area contributed by atoms with E-state index in [0.29, 0.717) is 6.04 Å². The quantitative estimate of drug-likeness (QED) is 0.806. The minimum absolute atomic E-state index is 0. The van der Waals surface area contributed by atoms with Gasteiger partial charge in [0.1, 0.15) is 0 Å².